The number of benzene rings is 1. The van der Waals surface area contributed by atoms with Crippen molar-refractivity contribution in [1.29, 1.82) is 0 Å². The number of thiazole rings is 1. The van der Waals surface area contributed by atoms with Crippen molar-refractivity contribution < 1.29 is 4.74 Å². The minimum absolute atomic E-state index is 0.663. The lowest BCUT2D eigenvalue weighted by Gasteiger charge is -2.06. The standard InChI is InChI=1S/C11H10BrNOS/c1-7-3-4-8(2)9(5-7)14-11-13-10(12)6-15-11/h3-6H,1-2H3. The van der Waals surface area contributed by atoms with Gasteiger partial charge < -0.3 is 4.74 Å². The van der Waals surface area contributed by atoms with Crippen LogP contribution < -0.4 is 4.74 Å². The van der Waals surface area contributed by atoms with Gasteiger partial charge in [-0.15, -0.1) is 0 Å². The lowest BCUT2D eigenvalue weighted by molar-refractivity contribution is 0.474. The van der Waals surface area contributed by atoms with Gasteiger partial charge >= 0.3 is 0 Å². The molecule has 78 valence electrons. The van der Waals surface area contributed by atoms with Crippen LogP contribution in [-0.2, 0) is 0 Å². The van der Waals surface area contributed by atoms with Gasteiger partial charge in [0.2, 0.25) is 0 Å². The summed E-state index contributed by atoms with van der Waals surface area (Å²) in [4.78, 5) is 4.19. The number of hydrogen-bond acceptors (Lipinski definition) is 3. The van der Waals surface area contributed by atoms with Crippen LogP contribution in [0.4, 0.5) is 0 Å². The maximum atomic E-state index is 5.69. The van der Waals surface area contributed by atoms with Crippen molar-refractivity contribution in [2.45, 2.75) is 13.8 Å². The molecule has 1 heterocycles. The zero-order chi connectivity index (χ0) is 10.8. The molecule has 0 fully saturated rings. The third-order valence-corrected chi connectivity index (χ3v) is 3.42. The molecular weight excluding hydrogens is 274 g/mol. The molecule has 0 spiro atoms. The molecule has 0 aliphatic rings. The third-order valence-electron chi connectivity index (χ3n) is 2.00. The number of ether oxygens (including phenoxy) is 1. The predicted molar refractivity (Wildman–Crippen MR) is 65.8 cm³/mol. The van der Waals surface area contributed by atoms with E-state index in [1.807, 2.05) is 31.4 Å². The van der Waals surface area contributed by atoms with E-state index < -0.39 is 0 Å². The van der Waals surface area contributed by atoms with E-state index in [1.54, 1.807) is 0 Å². The SMILES string of the molecule is Cc1ccc(C)c(Oc2nc(Br)cs2)c1. The summed E-state index contributed by atoms with van der Waals surface area (Å²) >= 11 is 4.78. The van der Waals surface area contributed by atoms with Gasteiger partial charge in [0.15, 0.2) is 0 Å². The summed E-state index contributed by atoms with van der Waals surface area (Å²) in [5.74, 6) is 0.872. The van der Waals surface area contributed by atoms with Gasteiger partial charge in [-0.1, -0.05) is 23.5 Å². The zero-order valence-corrected chi connectivity index (χ0v) is 10.9. The first kappa shape index (κ1) is 10.6. The van der Waals surface area contributed by atoms with Gasteiger partial charge in [0, 0.05) is 5.38 Å². The summed E-state index contributed by atoms with van der Waals surface area (Å²) in [6.45, 7) is 4.07. The van der Waals surface area contributed by atoms with E-state index in [-0.39, 0.29) is 0 Å². The van der Waals surface area contributed by atoms with Crippen molar-refractivity contribution in [3.8, 4) is 10.9 Å². The van der Waals surface area contributed by atoms with Crippen LogP contribution in [0, 0.1) is 13.8 Å². The first-order chi connectivity index (χ1) is 7.15. The van der Waals surface area contributed by atoms with Gasteiger partial charge in [0.25, 0.3) is 5.19 Å². The van der Waals surface area contributed by atoms with Crippen LogP contribution in [0.5, 0.6) is 10.9 Å². The normalized spacial score (nSPS) is 10.3. The Kier molecular flexibility index (Phi) is 3.07. The second-order valence-corrected chi connectivity index (χ2v) is 4.94. The Labute approximate surface area is 101 Å². The molecule has 0 saturated heterocycles. The van der Waals surface area contributed by atoms with Gasteiger partial charge in [-0.3, -0.25) is 0 Å². The van der Waals surface area contributed by atoms with E-state index in [4.69, 9.17) is 4.74 Å². The van der Waals surface area contributed by atoms with E-state index in [0.717, 1.165) is 15.9 Å². The molecule has 4 heteroatoms. The van der Waals surface area contributed by atoms with Crippen LogP contribution in [0.1, 0.15) is 11.1 Å². The maximum absolute atomic E-state index is 5.69. The average molecular weight is 284 g/mol. The van der Waals surface area contributed by atoms with E-state index >= 15 is 0 Å². The number of halogens is 1. The highest BCUT2D eigenvalue weighted by Crippen LogP contribution is 2.29. The molecule has 0 bridgehead atoms. The molecule has 0 aliphatic carbocycles. The Morgan fingerprint density at radius 3 is 2.80 bits per heavy atom. The van der Waals surface area contributed by atoms with Crippen molar-refractivity contribution in [3.63, 3.8) is 0 Å². The monoisotopic (exact) mass is 283 g/mol. The van der Waals surface area contributed by atoms with Crippen LogP contribution in [0.3, 0.4) is 0 Å². The van der Waals surface area contributed by atoms with Crippen molar-refractivity contribution in [3.05, 3.63) is 39.3 Å². The Morgan fingerprint density at radius 1 is 1.33 bits per heavy atom. The van der Waals surface area contributed by atoms with Crippen LogP contribution in [0.15, 0.2) is 28.2 Å². The topological polar surface area (TPSA) is 22.1 Å². The average Bonchev–Trinajstić information content (AvgIpc) is 2.58. The van der Waals surface area contributed by atoms with E-state index in [0.29, 0.717) is 5.19 Å². The quantitative estimate of drug-likeness (QED) is 0.819. The molecule has 0 aliphatic heterocycles. The summed E-state index contributed by atoms with van der Waals surface area (Å²) in [6, 6.07) is 6.14. The molecule has 1 aromatic carbocycles. The number of hydrogen-bond donors (Lipinski definition) is 0. The molecule has 0 amide bonds. The summed E-state index contributed by atoms with van der Waals surface area (Å²) in [7, 11) is 0. The molecule has 0 radical (unpaired) electrons. The van der Waals surface area contributed by atoms with Crippen molar-refractivity contribution in [1.82, 2.24) is 4.98 Å². The number of nitrogens with zero attached hydrogens (tertiary/aromatic N) is 1. The molecule has 15 heavy (non-hydrogen) atoms. The fourth-order valence-electron chi connectivity index (χ4n) is 1.20. The number of aromatic nitrogens is 1. The molecule has 0 saturated carbocycles. The molecule has 0 unspecified atom stereocenters. The highest BCUT2D eigenvalue weighted by atomic mass is 79.9. The highest BCUT2D eigenvalue weighted by Gasteiger charge is 2.05. The molecule has 2 aromatic rings. The molecule has 2 rings (SSSR count). The Morgan fingerprint density at radius 2 is 2.13 bits per heavy atom. The zero-order valence-electron chi connectivity index (χ0n) is 8.45. The van der Waals surface area contributed by atoms with E-state index in [1.165, 1.54) is 16.9 Å². The summed E-state index contributed by atoms with van der Waals surface area (Å²) in [6.07, 6.45) is 0. The minimum atomic E-state index is 0.663. The largest absolute Gasteiger partial charge is 0.431 e. The van der Waals surface area contributed by atoms with Crippen LogP contribution in [0.2, 0.25) is 0 Å². The Balaban J connectivity index is 2.27. The minimum Gasteiger partial charge on any atom is -0.431 e. The van der Waals surface area contributed by atoms with Gasteiger partial charge in [0.1, 0.15) is 10.4 Å². The smallest absolute Gasteiger partial charge is 0.279 e. The first-order valence-electron chi connectivity index (χ1n) is 4.51. The van der Waals surface area contributed by atoms with Gasteiger partial charge in [-0.05, 0) is 47.0 Å². The summed E-state index contributed by atoms with van der Waals surface area (Å²) in [5, 5.41) is 2.57. The van der Waals surface area contributed by atoms with E-state index in [9.17, 15) is 0 Å². The first-order valence-corrected chi connectivity index (χ1v) is 6.18. The fraction of sp³-hybridized carbons (Fsp3) is 0.182. The van der Waals surface area contributed by atoms with Crippen LogP contribution in [0.25, 0.3) is 0 Å². The second-order valence-electron chi connectivity index (χ2n) is 3.31. The maximum Gasteiger partial charge on any atom is 0.279 e. The lowest BCUT2D eigenvalue weighted by Crippen LogP contribution is -1.87. The molecule has 1 aromatic heterocycles. The summed E-state index contributed by atoms with van der Waals surface area (Å²) in [5.41, 5.74) is 2.30. The number of aryl methyl sites for hydroxylation is 2. The Bertz CT molecular complexity index is 481. The molecule has 2 nitrogen and oxygen atoms in total. The molecule has 0 atom stereocenters. The Hall–Kier alpha value is -0.870. The second kappa shape index (κ2) is 4.33. The molecule has 0 N–H and O–H groups in total. The predicted octanol–water partition coefficient (Wildman–Crippen LogP) is 4.31. The van der Waals surface area contributed by atoms with Gasteiger partial charge in [-0.25, -0.2) is 0 Å². The lowest BCUT2D eigenvalue weighted by atomic mass is 10.1. The van der Waals surface area contributed by atoms with E-state index in [2.05, 4.69) is 27.0 Å². The van der Waals surface area contributed by atoms with Crippen LogP contribution in [-0.4, -0.2) is 4.98 Å². The summed E-state index contributed by atoms with van der Waals surface area (Å²) < 4.78 is 6.50. The van der Waals surface area contributed by atoms with Crippen molar-refractivity contribution in [2.75, 3.05) is 0 Å². The fourth-order valence-corrected chi connectivity index (χ4v) is 2.30. The van der Waals surface area contributed by atoms with Gasteiger partial charge in [0.05, 0.1) is 0 Å². The number of rotatable bonds is 2. The third kappa shape index (κ3) is 2.58. The molecular formula is C11H10BrNOS. The highest BCUT2D eigenvalue weighted by molar-refractivity contribution is 9.10. The van der Waals surface area contributed by atoms with Crippen molar-refractivity contribution >= 4 is 27.3 Å². The van der Waals surface area contributed by atoms with Crippen molar-refractivity contribution in [2.24, 2.45) is 0 Å². The van der Waals surface area contributed by atoms with Crippen LogP contribution >= 0.6 is 27.3 Å². The van der Waals surface area contributed by atoms with Gasteiger partial charge in [-0.2, -0.15) is 4.98 Å².